The summed E-state index contributed by atoms with van der Waals surface area (Å²) in [5.74, 6) is -2.37. The highest BCUT2D eigenvalue weighted by Gasteiger charge is 2.41. The van der Waals surface area contributed by atoms with Crippen molar-refractivity contribution in [2.24, 2.45) is 47.2 Å². The standard InChI is InChI=1S/C32H55NO8/c1-10-11-19(4)30(41-32(33)39)23(8)28(36)21(6)15-17(2)14-20(5)27(35)18(3)12-13-25(34)16-26-22(7)29(37)24(9)31(38)40-26/h10-14,18-30,34-37H,15-16H2,1-9H3,(H2,33,39)/b11-10-,13-12-,17-14-/t18-,19-,20-,21-,22-,23-,24+,25+,26-,27-,28+,29-,30-/m0/s1. The Balaban J connectivity index is 2.74. The van der Waals surface area contributed by atoms with Gasteiger partial charge in [0.25, 0.3) is 0 Å². The molecule has 1 rings (SSSR count). The van der Waals surface area contributed by atoms with Gasteiger partial charge >= 0.3 is 12.1 Å². The Morgan fingerprint density at radius 3 is 2.17 bits per heavy atom. The summed E-state index contributed by atoms with van der Waals surface area (Å²) in [6.07, 6.45) is 4.73. The van der Waals surface area contributed by atoms with E-state index in [-0.39, 0.29) is 41.9 Å². The number of hydrogen-bond acceptors (Lipinski definition) is 8. The minimum absolute atomic E-state index is 0.111. The number of carbonyl (C=O) groups is 2. The van der Waals surface area contributed by atoms with Gasteiger partial charge in [-0.1, -0.05) is 77.5 Å². The van der Waals surface area contributed by atoms with Crippen LogP contribution in [0.4, 0.5) is 4.79 Å². The summed E-state index contributed by atoms with van der Waals surface area (Å²) >= 11 is 0. The Bertz CT molecular complexity index is 917. The predicted molar refractivity (Wildman–Crippen MR) is 159 cm³/mol. The van der Waals surface area contributed by atoms with Crippen molar-refractivity contribution in [2.75, 3.05) is 0 Å². The van der Waals surface area contributed by atoms with Crippen molar-refractivity contribution in [3.05, 3.63) is 36.0 Å². The molecule has 9 heteroatoms. The quantitative estimate of drug-likeness (QED) is 0.143. The lowest BCUT2D eigenvalue weighted by atomic mass is 9.81. The van der Waals surface area contributed by atoms with E-state index in [1.807, 2.05) is 66.7 Å². The van der Waals surface area contributed by atoms with Gasteiger partial charge in [-0.3, -0.25) is 4.79 Å². The molecule has 1 aliphatic heterocycles. The lowest BCUT2D eigenvalue weighted by Crippen LogP contribution is -2.47. The van der Waals surface area contributed by atoms with Crippen LogP contribution in [0.5, 0.6) is 0 Å². The van der Waals surface area contributed by atoms with Crippen molar-refractivity contribution in [3.8, 4) is 0 Å². The van der Waals surface area contributed by atoms with Crippen LogP contribution in [0.3, 0.4) is 0 Å². The molecule has 6 N–H and O–H groups in total. The molecule has 1 aliphatic rings. The molecule has 13 atom stereocenters. The number of rotatable bonds is 15. The fourth-order valence-electron chi connectivity index (χ4n) is 5.85. The van der Waals surface area contributed by atoms with Crippen molar-refractivity contribution >= 4 is 12.1 Å². The maximum Gasteiger partial charge on any atom is 0.404 e. The highest BCUT2D eigenvalue weighted by molar-refractivity contribution is 5.73. The van der Waals surface area contributed by atoms with Gasteiger partial charge in [0.15, 0.2) is 0 Å². The summed E-state index contributed by atoms with van der Waals surface area (Å²) in [6, 6.07) is 0. The zero-order chi connectivity index (χ0) is 31.6. The van der Waals surface area contributed by atoms with Crippen molar-refractivity contribution < 1.29 is 39.5 Å². The summed E-state index contributed by atoms with van der Waals surface area (Å²) in [5, 5.41) is 42.7. The highest BCUT2D eigenvalue weighted by Crippen LogP contribution is 2.30. The Labute approximate surface area is 246 Å². The molecule has 0 bridgehead atoms. The van der Waals surface area contributed by atoms with E-state index in [1.54, 1.807) is 26.0 Å². The molecule has 236 valence electrons. The van der Waals surface area contributed by atoms with Gasteiger partial charge in [-0.2, -0.15) is 0 Å². The van der Waals surface area contributed by atoms with E-state index in [1.165, 1.54) is 0 Å². The van der Waals surface area contributed by atoms with E-state index in [9.17, 15) is 30.0 Å². The minimum Gasteiger partial charge on any atom is -0.462 e. The van der Waals surface area contributed by atoms with Gasteiger partial charge in [0.1, 0.15) is 12.2 Å². The van der Waals surface area contributed by atoms with Crippen LogP contribution in [0, 0.1) is 41.4 Å². The van der Waals surface area contributed by atoms with Crippen LogP contribution in [0.1, 0.15) is 75.2 Å². The zero-order valence-corrected chi connectivity index (χ0v) is 26.3. The SMILES string of the molecule is C/C=C\[C@H](C)[C@H](OC(N)=O)[C@@H](C)[C@H](O)[C@@H](C)C/C(C)=C\[C@H](C)[C@@H](O)[C@@H](C)/C=C\[C@@H](O)C[C@@H]1OC(=O)[C@H](C)[C@@H](O)[C@H]1C. The Morgan fingerprint density at radius 1 is 1.00 bits per heavy atom. The van der Waals surface area contributed by atoms with E-state index in [2.05, 4.69) is 0 Å². The monoisotopic (exact) mass is 581 g/mol. The number of amides is 1. The third-order valence-electron chi connectivity index (χ3n) is 8.56. The largest absolute Gasteiger partial charge is 0.462 e. The second kappa shape index (κ2) is 17.0. The van der Waals surface area contributed by atoms with Crippen LogP contribution in [0.2, 0.25) is 0 Å². The number of primary amides is 1. The number of aliphatic hydroxyl groups excluding tert-OH is 4. The maximum atomic E-state index is 12.0. The summed E-state index contributed by atoms with van der Waals surface area (Å²) < 4.78 is 10.8. The molecule has 0 unspecified atom stereocenters. The number of hydrogen-bond donors (Lipinski definition) is 5. The Hall–Kier alpha value is -2.20. The third kappa shape index (κ3) is 11.2. The number of carbonyl (C=O) groups excluding carboxylic acids is 2. The van der Waals surface area contributed by atoms with Gasteiger partial charge in [0.2, 0.25) is 0 Å². The van der Waals surface area contributed by atoms with E-state index in [0.29, 0.717) is 6.42 Å². The van der Waals surface area contributed by atoms with Crippen molar-refractivity contribution in [1.82, 2.24) is 0 Å². The van der Waals surface area contributed by atoms with Gasteiger partial charge in [-0.25, -0.2) is 4.79 Å². The molecule has 0 aliphatic carbocycles. The predicted octanol–water partition coefficient (Wildman–Crippen LogP) is 4.13. The molecule has 0 aromatic rings. The molecular formula is C32H55NO8. The number of aliphatic hydroxyl groups is 4. The topological polar surface area (TPSA) is 160 Å². The van der Waals surface area contributed by atoms with Crippen LogP contribution in [-0.2, 0) is 14.3 Å². The van der Waals surface area contributed by atoms with Crippen LogP contribution < -0.4 is 5.73 Å². The lowest BCUT2D eigenvalue weighted by molar-refractivity contribution is -0.179. The van der Waals surface area contributed by atoms with Crippen LogP contribution in [0.15, 0.2) is 36.0 Å². The molecule has 1 fully saturated rings. The fourth-order valence-corrected chi connectivity index (χ4v) is 5.85. The second-order valence-corrected chi connectivity index (χ2v) is 12.3. The summed E-state index contributed by atoms with van der Waals surface area (Å²) in [7, 11) is 0. The van der Waals surface area contributed by atoms with E-state index in [4.69, 9.17) is 15.2 Å². The summed E-state index contributed by atoms with van der Waals surface area (Å²) in [6.45, 7) is 16.8. The molecule has 1 saturated heterocycles. The van der Waals surface area contributed by atoms with E-state index >= 15 is 0 Å². The first-order valence-corrected chi connectivity index (χ1v) is 14.9. The molecule has 9 nitrogen and oxygen atoms in total. The van der Waals surface area contributed by atoms with Crippen LogP contribution in [-0.4, -0.2) is 69.1 Å². The molecule has 1 amide bonds. The average molecular weight is 582 g/mol. The Kier molecular flexibility index (Phi) is 15.3. The lowest BCUT2D eigenvalue weighted by Gasteiger charge is -2.36. The number of nitrogens with two attached hydrogens (primary N) is 1. The van der Waals surface area contributed by atoms with Gasteiger partial charge in [0.05, 0.1) is 30.3 Å². The first-order chi connectivity index (χ1) is 19.0. The maximum absolute atomic E-state index is 12.0. The fraction of sp³-hybridized carbons (Fsp3) is 0.750. The molecule has 0 radical (unpaired) electrons. The molecule has 0 spiro atoms. The smallest absolute Gasteiger partial charge is 0.404 e. The summed E-state index contributed by atoms with van der Waals surface area (Å²) in [4.78, 5) is 23.4. The van der Waals surface area contributed by atoms with Crippen molar-refractivity contribution in [2.45, 2.75) is 112 Å². The Morgan fingerprint density at radius 2 is 1.61 bits per heavy atom. The first kappa shape index (κ1) is 36.8. The normalized spacial score (nSPS) is 28.8. The molecule has 41 heavy (non-hydrogen) atoms. The van der Waals surface area contributed by atoms with Crippen LogP contribution >= 0.6 is 0 Å². The molecule has 1 heterocycles. The molecular weight excluding hydrogens is 526 g/mol. The molecule has 0 aromatic heterocycles. The van der Waals surface area contributed by atoms with E-state index < -0.39 is 54.6 Å². The second-order valence-electron chi connectivity index (χ2n) is 12.3. The van der Waals surface area contributed by atoms with Gasteiger partial charge < -0.3 is 35.6 Å². The molecule has 0 aromatic carbocycles. The summed E-state index contributed by atoms with van der Waals surface area (Å²) in [5.41, 5.74) is 6.30. The number of esters is 1. The number of cyclic esters (lactones) is 1. The van der Waals surface area contributed by atoms with Crippen LogP contribution in [0.25, 0.3) is 0 Å². The number of allylic oxidation sites excluding steroid dienone is 2. The van der Waals surface area contributed by atoms with E-state index in [0.717, 1.165) is 5.57 Å². The van der Waals surface area contributed by atoms with Crippen molar-refractivity contribution in [1.29, 1.82) is 0 Å². The molecule has 0 saturated carbocycles. The van der Waals surface area contributed by atoms with Gasteiger partial charge in [-0.05, 0) is 33.1 Å². The third-order valence-corrected chi connectivity index (χ3v) is 8.56. The first-order valence-electron chi connectivity index (χ1n) is 14.9. The minimum atomic E-state index is -0.889. The van der Waals surface area contributed by atoms with Gasteiger partial charge in [-0.15, -0.1) is 0 Å². The van der Waals surface area contributed by atoms with Gasteiger partial charge in [0, 0.05) is 36.0 Å². The average Bonchev–Trinajstić information content (AvgIpc) is 2.90. The highest BCUT2D eigenvalue weighted by atomic mass is 16.6. The zero-order valence-electron chi connectivity index (χ0n) is 26.3. The van der Waals surface area contributed by atoms with Crippen molar-refractivity contribution in [3.63, 3.8) is 0 Å². The number of ether oxygens (including phenoxy) is 2.